The number of anilines is 1. The number of H-pyrrole nitrogens is 1. The lowest BCUT2D eigenvalue weighted by atomic mass is 10.0. The molecule has 144 valence electrons. The van der Waals surface area contributed by atoms with Crippen LogP contribution < -0.4 is 10.1 Å². The highest BCUT2D eigenvalue weighted by Gasteiger charge is 2.23. The van der Waals surface area contributed by atoms with Crippen LogP contribution in [-0.2, 0) is 4.79 Å². The molecule has 1 aliphatic heterocycles. The van der Waals surface area contributed by atoms with Gasteiger partial charge in [0.2, 0.25) is 5.91 Å². The molecule has 1 fully saturated rings. The number of carbonyl (C=O) groups is 1. The third kappa shape index (κ3) is 3.69. The maximum absolute atomic E-state index is 11.7. The molecule has 2 N–H and O–H groups in total. The first kappa shape index (κ1) is 18.0. The number of piperidine rings is 1. The Labute approximate surface area is 163 Å². The molecule has 0 unspecified atom stereocenters. The van der Waals surface area contributed by atoms with Crippen LogP contribution in [0.5, 0.6) is 11.5 Å². The number of likely N-dealkylation sites (tertiary alicyclic amines) is 1. The highest BCUT2D eigenvalue weighted by molar-refractivity contribution is 5.93. The summed E-state index contributed by atoms with van der Waals surface area (Å²) in [6.07, 6.45) is 4.77. The predicted molar refractivity (Wildman–Crippen MR) is 109 cm³/mol. The van der Waals surface area contributed by atoms with Crippen molar-refractivity contribution in [3.05, 3.63) is 54.7 Å². The van der Waals surface area contributed by atoms with Crippen molar-refractivity contribution in [2.45, 2.75) is 25.8 Å². The van der Waals surface area contributed by atoms with Crippen molar-refractivity contribution in [3.63, 3.8) is 0 Å². The number of carbonyl (C=O) groups excluding carboxylic acids is 1. The van der Waals surface area contributed by atoms with E-state index in [0.29, 0.717) is 24.5 Å². The fourth-order valence-corrected chi connectivity index (χ4v) is 3.41. The lowest BCUT2D eigenvalue weighted by Crippen LogP contribution is -2.41. The number of hydrogen-bond donors (Lipinski definition) is 2. The van der Waals surface area contributed by atoms with Crippen LogP contribution in [0.2, 0.25) is 0 Å². The molecule has 0 aliphatic carbocycles. The van der Waals surface area contributed by atoms with E-state index >= 15 is 0 Å². The zero-order valence-electron chi connectivity index (χ0n) is 15.8. The Bertz CT molecular complexity index is 988. The van der Waals surface area contributed by atoms with Gasteiger partial charge in [0.15, 0.2) is 11.5 Å². The van der Waals surface area contributed by atoms with Gasteiger partial charge in [-0.2, -0.15) is 5.10 Å². The Morgan fingerprint density at radius 2 is 2.04 bits per heavy atom. The van der Waals surface area contributed by atoms with Gasteiger partial charge >= 0.3 is 0 Å². The number of nitrogens with zero attached hydrogens (tertiary/aromatic N) is 3. The molecule has 1 aliphatic rings. The van der Waals surface area contributed by atoms with E-state index in [2.05, 4.69) is 27.1 Å². The summed E-state index contributed by atoms with van der Waals surface area (Å²) in [7, 11) is 0. The molecule has 7 nitrogen and oxygen atoms in total. The lowest BCUT2D eigenvalue weighted by molar-refractivity contribution is -0.126. The van der Waals surface area contributed by atoms with Gasteiger partial charge in [-0.3, -0.25) is 9.89 Å². The normalized spacial score (nSPS) is 14.8. The van der Waals surface area contributed by atoms with E-state index in [-0.39, 0.29) is 11.9 Å². The largest absolute Gasteiger partial charge is 0.456 e. The Morgan fingerprint density at radius 1 is 1.29 bits per heavy atom. The van der Waals surface area contributed by atoms with Crippen LogP contribution in [0.3, 0.4) is 0 Å². The lowest BCUT2D eigenvalue weighted by Gasteiger charge is -2.31. The summed E-state index contributed by atoms with van der Waals surface area (Å²) in [5.74, 6) is 2.17. The molecule has 0 atom stereocenters. The smallest absolute Gasteiger partial charge is 0.245 e. The van der Waals surface area contributed by atoms with Gasteiger partial charge in [-0.25, -0.2) is 4.98 Å². The van der Waals surface area contributed by atoms with Gasteiger partial charge in [0.05, 0.1) is 0 Å². The van der Waals surface area contributed by atoms with Crippen LogP contribution >= 0.6 is 0 Å². The minimum absolute atomic E-state index is 0.0124. The van der Waals surface area contributed by atoms with Gasteiger partial charge in [-0.15, -0.1) is 0 Å². The van der Waals surface area contributed by atoms with E-state index < -0.39 is 0 Å². The quantitative estimate of drug-likeness (QED) is 0.663. The summed E-state index contributed by atoms with van der Waals surface area (Å²) < 4.78 is 6.09. The van der Waals surface area contributed by atoms with E-state index in [0.717, 1.165) is 29.8 Å². The molecule has 1 amide bonds. The molecule has 3 heterocycles. The van der Waals surface area contributed by atoms with Crippen LogP contribution in [0.4, 0.5) is 5.82 Å². The van der Waals surface area contributed by atoms with Crippen molar-refractivity contribution >= 4 is 22.8 Å². The van der Waals surface area contributed by atoms with E-state index in [4.69, 9.17) is 4.74 Å². The number of fused-ring (bicyclic) bond motifs is 1. The molecular formula is C21H23N5O2. The molecule has 2 aromatic heterocycles. The summed E-state index contributed by atoms with van der Waals surface area (Å²) in [6, 6.07) is 9.99. The van der Waals surface area contributed by atoms with Crippen LogP contribution in [0.15, 0.2) is 49.2 Å². The Balaban J connectivity index is 1.53. The Morgan fingerprint density at radius 3 is 2.75 bits per heavy atom. The number of hydrogen-bond acceptors (Lipinski definition) is 5. The van der Waals surface area contributed by atoms with Gasteiger partial charge < -0.3 is 15.0 Å². The molecule has 0 spiro atoms. The molecule has 3 aromatic rings. The van der Waals surface area contributed by atoms with Crippen LogP contribution in [0.1, 0.15) is 18.4 Å². The minimum Gasteiger partial charge on any atom is -0.456 e. The summed E-state index contributed by atoms with van der Waals surface area (Å²) in [5.41, 5.74) is 1.85. The third-order valence-electron chi connectivity index (χ3n) is 4.99. The molecular weight excluding hydrogens is 354 g/mol. The topological polar surface area (TPSA) is 83.1 Å². The number of aromatic amines is 1. The first-order valence-electron chi connectivity index (χ1n) is 9.39. The monoisotopic (exact) mass is 377 g/mol. The van der Waals surface area contributed by atoms with E-state index in [1.54, 1.807) is 6.20 Å². The van der Waals surface area contributed by atoms with Crippen LogP contribution in [-0.4, -0.2) is 45.1 Å². The number of amides is 1. The minimum atomic E-state index is -0.0124. The highest BCUT2D eigenvalue weighted by atomic mass is 16.5. The second-order valence-electron chi connectivity index (χ2n) is 6.97. The first-order valence-corrected chi connectivity index (χ1v) is 9.39. The second kappa shape index (κ2) is 7.72. The van der Waals surface area contributed by atoms with E-state index in [1.165, 1.54) is 11.6 Å². The number of rotatable bonds is 5. The van der Waals surface area contributed by atoms with Crippen LogP contribution in [0, 0.1) is 6.92 Å². The molecule has 0 saturated carbocycles. The number of nitrogens with one attached hydrogen (secondary N) is 2. The van der Waals surface area contributed by atoms with Crippen molar-refractivity contribution in [1.82, 2.24) is 20.1 Å². The molecule has 7 heteroatoms. The van der Waals surface area contributed by atoms with Gasteiger partial charge in [-0.1, -0.05) is 24.3 Å². The number of aryl methyl sites for hydroxylation is 1. The van der Waals surface area contributed by atoms with Crippen molar-refractivity contribution in [2.24, 2.45) is 0 Å². The van der Waals surface area contributed by atoms with Crippen molar-refractivity contribution in [1.29, 1.82) is 0 Å². The summed E-state index contributed by atoms with van der Waals surface area (Å²) in [6.45, 7) is 7.01. The predicted octanol–water partition coefficient (Wildman–Crippen LogP) is 3.65. The summed E-state index contributed by atoms with van der Waals surface area (Å²) in [4.78, 5) is 17.9. The average Bonchev–Trinajstić information content (AvgIpc) is 3.13. The fourth-order valence-electron chi connectivity index (χ4n) is 3.41. The summed E-state index contributed by atoms with van der Waals surface area (Å²) in [5, 5.41) is 11.7. The number of benzene rings is 1. The van der Waals surface area contributed by atoms with Crippen molar-refractivity contribution < 1.29 is 9.53 Å². The van der Waals surface area contributed by atoms with Crippen LogP contribution in [0.25, 0.3) is 11.0 Å². The molecule has 0 radical (unpaired) electrons. The molecule has 1 saturated heterocycles. The Hall–Kier alpha value is -3.35. The highest BCUT2D eigenvalue weighted by Crippen LogP contribution is 2.33. The second-order valence-corrected chi connectivity index (χ2v) is 6.97. The molecule has 28 heavy (non-hydrogen) atoms. The van der Waals surface area contributed by atoms with Gasteiger partial charge in [0.1, 0.15) is 16.9 Å². The van der Waals surface area contributed by atoms with Gasteiger partial charge in [-0.05, 0) is 38.0 Å². The third-order valence-corrected chi connectivity index (χ3v) is 4.99. The first-order chi connectivity index (χ1) is 13.6. The standard InChI is InChI=1S/C21H23N5O2/c1-3-18(27)26-12-9-15(10-13-26)23-21-19-17(8-11-22-20(19)24-25-21)28-16-6-4-14(2)5-7-16/h3-8,11,15H,1,9-10,12-13H2,2H3,(H2,22,23,24,25). The fraction of sp³-hybridized carbons (Fsp3) is 0.286. The molecule has 1 aromatic carbocycles. The Kier molecular flexibility index (Phi) is 4.97. The SMILES string of the molecule is C=CC(=O)N1CCC(Nc2n[nH]c3nccc(Oc4ccc(C)cc4)c23)CC1. The van der Waals surface area contributed by atoms with Crippen molar-refractivity contribution in [3.8, 4) is 11.5 Å². The summed E-state index contributed by atoms with van der Waals surface area (Å²) >= 11 is 0. The van der Waals surface area contributed by atoms with Gasteiger partial charge in [0, 0.05) is 31.4 Å². The molecule has 4 rings (SSSR count). The van der Waals surface area contributed by atoms with Gasteiger partial charge in [0.25, 0.3) is 0 Å². The van der Waals surface area contributed by atoms with E-state index in [1.807, 2.05) is 42.2 Å². The number of pyridine rings is 1. The number of aromatic nitrogens is 3. The molecule has 0 bridgehead atoms. The maximum Gasteiger partial charge on any atom is 0.245 e. The van der Waals surface area contributed by atoms with E-state index in [9.17, 15) is 4.79 Å². The van der Waals surface area contributed by atoms with Crippen molar-refractivity contribution in [2.75, 3.05) is 18.4 Å². The number of ether oxygens (including phenoxy) is 1. The average molecular weight is 377 g/mol. The zero-order valence-corrected chi connectivity index (χ0v) is 15.8. The zero-order chi connectivity index (χ0) is 19.5. The maximum atomic E-state index is 11.7.